The van der Waals surface area contributed by atoms with Gasteiger partial charge in [0.15, 0.2) is 0 Å². The van der Waals surface area contributed by atoms with Gasteiger partial charge in [0.2, 0.25) is 0 Å². The van der Waals surface area contributed by atoms with Crippen LogP contribution in [0.15, 0.2) is 36.5 Å². The molecule has 3 heteroatoms. The van der Waals surface area contributed by atoms with Crippen molar-refractivity contribution in [3.8, 4) is 0 Å². The Bertz CT molecular complexity index is 480. The molecule has 0 bridgehead atoms. The van der Waals surface area contributed by atoms with Crippen LogP contribution in [-0.2, 0) is 10.4 Å². The minimum Gasteiger partial charge on any atom is -0.294 e. The topological polar surface area (TPSA) is 48.1 Å². The summed E-state index contributed by atoms with van der Waals surface area (Å²) in [5, 5.41) is 1.10. The number of nitrogens with two attached hydrogens (primary N) is 1. The third kappa shape index (κ3) is 1.84. The molecule has 0 aliphatic rings. The molecule has 0 saturated carbocycles. The molecule has 78 valence electrons. The van der Waals surface area contributed by atoms with Crippen LogP contribution in [0.4, 0.5) is 0 Å². The lowest BCUT2D eigenvalue weighted by molar-refractivity contribution is -0.0237. The van der Waals surface area contributed by atoms with E-state index in [9.17, 15) is 0 Å². The summed E-state index contributed by atoms with van der Waals surface area (Å²) in [6.45, 7) is 3.83. The van der Waals surface area contributed by atoms with Gasteiger partial charge in [-0.3, -0.25) is 9.82 Å². The molecule has 1 aromatic carbocycles. The van der Waals surface area contributed by atoms with E-state index in [1.54, 1.807) is 6.20 Å². The lowest BCUT2D eigenvalue weighted by Gasteiger charge is -2.22. The molecule has 2 rings (SSSR count). The fraction of sp³-hybridized carbons (Fsp3) is 0.250. The highest BCUT2D eigenvalue weighted by atomic mass is 16.6. The summed E-state index contributed by atoms with van der Waals surface area (Å²) in [6.07, 6.45) is 1.80. The Hall–Kier alpha value is -1.45. The van der Waals surface area contributed by atoms with Gasteiger partial charge in [0, 0.05) is 17.1 Å². The lowest BCUT2D eigenvalue weighted by atomic mass is 9.99. The number of aromatic nitrogens is 1. The number of nitrogens with zero attached hydrogens (tertiary/aromatic N) is 1. The van der Waals surface area contributed by atoms with Crippen LogP contribution in [-0.4, -0.2) is 4.98 Å². The summed E-state index contributed by atoms with van der Waals surface area (Å²) in [7, 11) is 0. The highest BCUT2D eigenvalue weighted by molar-refractivity contribution is 5.78. The van der Waals surface area contributed by atoms with Gasteiger partial charge < -0.3 is 0 Å². The van der Waals surface area contributed by atoms with Gasteiger partial charge in [-0.2, -0.15) is 0 Å². The van der Waals surface area contributed by atoms with Crippen LogP contribution in [0.5, 0.6) is 0 Å². The van der Waals surface area contributed by atoms with Crippen LogP contribution in [0.2, 0.25) is 0 Å². The highest BCUT2D eigenvalue weighted by Gasteiger charge is 2.20. The van der Waals surface area contributed by atoms with E-state index >= 15 is 0 Å². The van der Waals surface area contributed by atoms with Crippen LogP contribution < -0.4 is 5.90 Å². The quantitative estimate of drug-likeness (QED) is 0.760. The second kappa shape index (κ2) is 3.61. The standard InChI is InChI=1S/C12H14N2O/c1-12(2,15-13)10-7-9-5-3-4-6-11(9)14-8-10/h3-8H,13H2,1-2H3. The molecule has 1 heterocycles. The summed E-state index contributed by atoms with van der Waals surface area (Å²) >= 11 is 0. The van der Waals surface area contributed by atoms with E-state index in [1.807, 2.05) is 38.1 Å². The molecule has 3 nitrogen and oxygen atoms in total. The highest BCUT2D eigenvalue weighted by Crippen LogP contribution is 2.24. The minimum absolute atomic E-state index is 0.503. The number of fused-ring (bicyclic) bond motifs is 1. The van der Waals surface area contributed by atoms with Crippen LogP contribution >= 0.6 is 0 Å². The maximum atomic E-state index is 5.25. The van der Waals surface area contributed by atoms with Crippen molar-refractivity contribution in [3.05, 3.63) is 42.1 Å². The third-order valence-electron chi connectivity index (χ3n) is 2.58. The van der Waals surface area contributed by atoms with E-state index in [4.69, 9.17) is 10.7 Å². The third-order valence-corrected chi connectivity index (χ3v) is 2.58. The predicted octanol–water partition coefficient (Wildman–Crippen LogP) is 2.36. The zero-order valence-corrected chi connectivity index (χ0v) is 8.90. The average Bonchev–Trinajstić information content (AvgIpc) is 2.28. The zero-order valence-electron chi connectivity index (χ0n) is 8.90. The molecule has 0 fully saturated rings. The Morgan fingerprint density at radius 1 is 1.27 bits per heavy atom. The average molecular weight is 202 g/mol. The summed E-state index contributed by atoms with van der Waals surface area (Å²) in [5.74, 6) is 5.25. The number of hydrogen-bond donors (Lipinski definition) is 1. The predicted molar refractivity (Wildman–Crippen MR) is 60.0 cm³/mol. The van der Waals surface area contributed by atoms with Gasteiger partial charge in [0.25, 0.3) is 0 Å². The van der Waals surface area contributed by atoms with Gasteiger partial charge in [-0.1, -0.05) is 18.2 Å². The van der Waals surface area contributed by atoms with Crippen molar-refractivity contribution >= 4 is 10.9 Å². The Labute approximate surface area is 88.8 Å². The van der Waals surface area contributed by atoms with Gasteiger partial charge in [-0.05, 0) is 26.0 Å². The first-order valence-electron chi connectivity index (χ1n) is 4.87. The fourth-order valence-electron chi connectivity index (χ4n) is 1.47. The van der Waals surface area contributed by atoms with Crippen LogP contribution in [0, 0.1) is 0 Å². The Kier molecular flexibility index (Phi) is 2.42. The first-order chi connectivity index (χ1) is 7.13. The number of benzene rings is 1. The number of rotatable bonds is 2. The first-order valence-corrected chi connectivity index (χ1v) is 4.87. The van der Waals surface area contributed by atoms with E-state index in [1.165, 1.54) is 0 Å². The molecule has 0 unspecified atom stereocenters. The maximum absolute atomic E-state index is 5.25. The molecule has 0 atom stereocenters. The molecule has 0 aliphatic carbocycles. The summed E-state index contributed by atoms with van der Waals surface area (Å²) in [4.78, 5) is 9.29. The minimum atomic E-state index is -0.503. The summed E-state index contributed by atoms with van der Waals surface area (Å²) < 4.78 is 0. The molecule has 15 heavy (non-hydrogen) atoms. The molecule has 0 amide bonds. The van der Waals surface area contributed by atoms with E-state index in [2.05, 4.69) is 11.1 Å². The van der Waals surface area contributed by atoms with E-state index in [-0.39, 0.29) is 0 Å². The Balaban J connectivity index is 2.56. The number of pyridine rings is 1. The molecular weight excluding hydrogens is 188 g/mol. The van der Waals surface area contributed by atoms with E-state index in [0.717, 1.165) is 16.5 Å². The molecule has 1 aromatic heterocycles. The largest absolute Gasteiger partial charge is 0.294 e. The lowest BCUT2D eigenvalue weighted by Crippen LogP contribution is -2.25. The SMILES string of the molecule is CC(C)(ON)c1cnc2ccccc2c1. The maximum Gasteiger partial charge on any atom is 0.110 e. The Morgan fingerprint density at radius 3 is 2.73 bits per heavy atom. The van der Waals surface area contributed by atoms with Crippen molar-refractivity contribution in [1.29, 1.82) is 0 Å². The zero-order chi connectivity index (χ0) is 10.9. The fourth-order valence-corrected chi connectivity index (χ4v) is 1.47. The van der Waals surface area contributed by atoms with E-state index < -0.39 is 5.60 Å². The van der Waals surface area contributed by atoms with E-state index in [0.29, 0.717) is 0 Å². The molecular formula is C12H14N2O. The van der Waals surface area contributed by atoms with Crippen LogP contribution in [0.3, 0.4) is 0 Å². The van der Waals surface area contributed by atoms with Crippen LogP contribution in [0.25, 0.3) is 10.9 Å². The monoisotopic (exact) mass is 202 g/mol. The van der Waals surface area contributed by atoms with Crippen molar-refractivity contribution in [2.75, 3.05) is 0 Å². The van der Waals surface area contributed by atoms with Gasteiger partial charge in [0.05, 0.1) is 5.52 Å². The smallest absolute Gasteiger partial charge is 0.110 e. The molecule has 2 N–H and O–H groups in total. The molecule has 0 radical (unpaired) electrons. The normalized spacial score (nSPS) is 11.9. The van der Waals surface area contributed by atoms with Crippen LogP contribution in [0.1, 0.15) is 19.4 Å². The molecule has 2 aromatic rings. The number of hydrogen-bond acceptors (Lipinski definition) is 3. The molecule has 0 spiro atoms. The van der Waals surface area contributed by atoms with Crippen molar-refractivity contribution in [1.82, 2.24) is 4.98 Å². The first kappa shape index (κ1) is 10.1. The summed E-state index contributed by atoms with van der Waals surface area (Å²) in [6, 6.07) is 10.0. The second-order valence-corrected chi connectivity index (χ2v) is 4.04. The van der Waals surface area contributed by atoms with Crippen molar-refractivity contribution in [3.63, 3.8) is 0 Å². The Morgan fingerprint density at radius 2 is 2.00 bits per heavy atom. The van der Waals surface area contributed by atoms with Crippen molar-refractivity contribution < 1.29 is 4.84 Å². The van der Waals surface area contributed by atoms with Crippen molar-refractivity contribution in [2.24, 2.45) is 5.90 Å². The number of para-hydroxylation sites is 1. The molecule has 0 saturated heterocycles. The summed E-state index contributed by atoms with van der Waals surface area (Å²) in [5.41, 5.74) is 1.45. The van der Waals surface area contributed by atoms with Gasteiger partial charge in [-0.15, -0.1) is 0 Å². The second-order valence-electron chi connectivity index (χ2n) is 4.04. The van der Waals surface area contributed by atoms with Gasteiger partial charge in [0.1, 0.15) is 5.60 Å². The molecule has 0 aliphatic heterocycles. The van der Waals surface area contributed by atoms with Crippen molar-refractivity contribution in [2.45, 2.75) is 19.4 Å². The van der Waals surface area contributed by atoms with Gasteiger partial charge in [-0.25, -0.2) is 5.90 Å². The van der Waals surface area contributed by atoms with Gasteiger partial charge >= 0.3 is 0 Å².